The molecule has 4 aromatic heterocycles. The molecule has 0 unspecified atom stereocenters. The standard InChI is InChI=1S/C22H20N6OS2/c1-12-7-9-14(10-8-12)20-26-24-17(29-20)11-30-22-27-25-19-18-15-5-3-4-6-16(15)31-21(18)23-13(2)28(19)22/h7-10H,3-6,11H2,1-2H3. The Morgan fingerprint density at radius 2 is 1.87 bits per heavy atom. The molecule has 0 aliphatic heterocycles. The predicted molar refractivity (Wildman–Crippen MR) is 122 cm³/mol. The highest BCUT2D eigenvalue weighted by molar-refractivity contribution is 7.98. The van der Waals surface area contributed by atoms with Crippen LogP contribution < -0.4 is 0 Å². The molecule has 0 amide bonds. The number of nitrogens with zero attached hydrogens (tertiary/aromatic N) is 6. The van der Waals surface area contributed by atoms with E-state index in [0.29, 0.717) is 17.5 Å². The minimum absolute atomic E-state index is 0.527. The second-order valence-corrected chi connectivity index (χ2v) is 9.87. The van der Waals surface area contributed by atoms with Crippen molar-refractivity contribution in [3.63, 3.8) is 0 Å². The van der Waals surface area contributed by atoms with E-state index in [1.54, 1.807) is 0 Å². The molecule has 0 N–H and O–H groups in total. The van der Waals surface area contributed by atoms with Crippen LogP contribution in [0.2, 0.25) is 0 Å². The number of hydrogen-bond donors (Lipinski definition) is 0. The van der Waals surface area contributed by atoms with Gasteiger partial charge in [-0.25, -0.2) is 4.98 Å². The van der Waals surface area contributed by atoms with Crippen LogP contribution in [0.25, 0.3) is 27.3 Å². The van der Waals surface area contributed by atoms with Crippen LogP contribution in [0.3, 0.4) is 0 Å². The van der Waals surface area contributed by atoms with Gasteiger partial charge in [-0.15, -0.1) is 31.7 Å². The van der Waals surface area contributed by atoms with Gasteiger partial charge in [-0.3, -0.25) is 4.40 Å². The maximum absolute atomic E-state index is 5.87. The number of aromatic nitrogens is 6. The quantitative estimate of drug-likeness (QED) is 0.351. The average Bonchev–Trinajstić information content (AvgIpc) is 3.49. The van der Waals surface area contributed by atoms with E-state index in [0.717, 1.165) is 39.9 Å². The second kappa shape index (κ2) is 7.42. The fourth-order valence-electron chi connectivity index (χ4n) is 4.13. The Morgan fingerprint density at radius 1 is 1.03 bits per heavy atom. The topological polar surface area (TPSA) is 82.0 Å². The van der Waals surface area contributed by atoms with E-state index in [1.807, 2.05) is 42.5 Å². The Kier molecular flexibility index (Phi) is 4.53. The second-order valence-electron chi connectivity index (χ2n) is 7.85. The summed E-state index contributed by atoms with van der Waals surface area (Å²) in [6.07, 6.45) is 4.75. The SMILES string of the molecule is Cc1ccc(-c2nnc(CSc3nnc4c5c6c(sc5nc(C)n34)CCCC6)o2)cc1. The van der Waals surface area contributed by atoms with E-state index in [4.69, 9.17) is 9.40 Å². The molecule has 5 aromatic rings. The lowest BCUT2D eigenvalue weighted by atomic mass is 9.97. The van der Waals surface area contributed by atoms with Crippen molar-refractivity contribution in [3.8, 4) is 11.5 Å². The molecule has 0 spiro atoms. The van der Waals surface area contributed by atoms with Crippen LogP contribution in [0.15, 0.2) is 33.8 Å². The van der Waals surface area contributed by atoms with Gasteiger partial charge in [0, 0.05) is 10.4 Å². The highest BCUT2D eigenvalue weighted by atomic mass is 32.2. The fraction of sp³-hybridized carbons (Fsp3) is 0.318. The Hall–Kier alpha value is -2.78. The lowest BCUT2D eigenvalue weighted by Crippen LogP contribution is -2.01. The monoisotopic (exact) mass is 448 g/mol. The Balaban J connectivity index is 1.31. The molecule has 0 saturated heterocycles. The first-order valence-corrected chi connectivity index (χ1v) is 12.2. The van der Waals surface area contributed by atoms with Crippen molar-refractivity contribution in [2.45, 2.75) is 50.4 Å². The number of fused-ring (bicyclic) bond motifs is 5. The summed E-state index contributed by atoms with van der Waals surface area (Å²) >= 11 is 3.36. The van der Waals surface area contributed by atoms with Crippen LogP contribution in [0.1, 0.15) is 40.6 Å². The van der Waals surface area contributed by atoms with Crippen molar-refractivity contribution in [3.05, 3.63) is 52.0 Å². The number of rotatable bonds is 4. The predicted octanol–water partition coefficient (Wildman–Crippen LogP) is 5.18. The largest absolute Gasteiger partial charge is 0.420 e. The molecule has 7 nitrogen and oxygen atoms in total. The van der Waals surface area contributed by atoms with E-state index in [9.17, 15) is 0 Å². The summed E-state index contributed by atoms with van der Waals surface area (Å²) in [5.41, 5.74) is 4.46. The van der Waals surface area contributed by atoms with Crippen LogP contribution in [0.4, 0.5) is 0 Å². The molecule has 0 atom stereocenters. The van der Waals surface area contributed by atoms with Crippen LogP contribution in [-0.2, 0) is 18.6 Å². The molecule has 0 saturated carbocycles. The van der Waals surface area contributed by atoms with Gasteiger partial charge in [0.05, 0.1) is 11.1 Å². The molecule has 0 bridgehead atoms. The van der Waals surface area contributed by atoms with Crippen molar-refractivity contribution in [2.24, 2.45) is 0 Å². The molecule has 0 radical (unpaired) electrons. The smallest absolute Gasteiger partial charge is 0.247 e. The molecule has 1 aliphatic carbocycles. The van der Waals surface area contributed by atoms with Gasteiger partial charge in [-0.05, 0) is 57.2 Å². The van der Waals surface area contributed by atoms with Gasteiger partial charge in [0.2, 0.25) is 11.8 Å². The summed E-state index contributed by atoms with van der Waals surface area (Å²) < 4.78 is 7.93. The normalized spacial score (nSPS) is 13.9. The summed E-state index contributed by atoms with van der Waals surface area (Å²) in [5.74, 6) is 2.53. The van der Waals surface area contributed by atoms with Gasteiger partial charge < -0.3 is 4.42 Å². The average molecular weight is 449 g/mol. The zero-order valence-corrected chi connectivity index (χ0v) is 18.9. The zero-order chi connectivity index (χ0) is 20.9. The van der Waals surface area contributed by atoms with E-state index in [2.05, 4.69) is 31.7 Å². The van der Waals surface area contributed by atoms with Gasteiger partial charge in [0.15, 0.2) is 10.8 Å². The molecule has 31 heavy (non-hydrogen) atoms. The van der Waals surface area contributed by atoms with Crippen molar-refractivity contribution < 1.29 is 4.42 Å². The van der Waals surface area contributed by atoms with Gasteiger partial charge in [-0.1, -0.05) is 29.5 Å². The van der Waals surface area contributed by atoms with Gasteiger partial charge in [0.25, 0.3) is 0 Å². The summed E-state index contributed by atoms with van der Waals surface area (Å²) in [4.78, 5) is 7.43. The van der Waals surface area contributed by atoms with E-state index < -0.39 is 0 Å². The third-order valence-electron chi connectivity index (χ3n) is 5.69. The summed E-state index contributed by atoms with van der Waals surface area (Å²) in [6.45, 7) is 4.07. The van der Waals surface area contributed by atoms with E-state index >= 15 is 0 Å². The lowest BCUT2D eigenvalue weighted by molar-refractivity contribution is 0.528. The van der Waals surface area contributed by atoms with Crippen LogP contribution >= 0.6 is 23.1 Å². The number of hydrogen-bond acceptors (Lipinski definition) is 8. The molecule has 1 aromatic carbocycles. The maximum Gasteiger partial charge on any atom is 0.247 e. The number of benzene rings is 1. The van der Waals surface area contributed by atoms with Gasteiger partial charge in [0.1, 0.15) is 10.7 Å². The van der Waals surface area contributed by atoms with Crippen LogP contribution in [0.5, 0.6) is 0 Å². The first-order valence-electron chi connectivity index (χ1n) is 10.4. The third kappa shape index (κ3) is 3.23. The number of aryl methyl sites for hydroxylation is 4. The first kappa shape index (κ1) is 18.9. The highest BCUT2D eigenvalue weighted by Gasteiger charge is 2.23. The summed E-state index contributed by atoms with van der Waals surface area (Å²) in [5, 5.41) is 19.4. The molecule has 156 valence electrons. The maximum atomic E-state index is 5.87. The summed E-state index contributed by atoms with van der Waals surface area (Å²) in [7, 11) is 0. The molecule has 9 heteroatoms. The molecule has 0 fully saturated rings. The van der Waals surface area contributed by atoms with E-state index in [1.165, 1.54) is 46.0 Å². The van der Waals surface area contributed by atoms with Crippen molar-refractivity contribution >= 4 is 39.0 Å². The third-order valence-corrected chi connectivity index (χ3v) is 7.79. The molecule has 1 aliphatic rings. The summed E-state index contributed by atoms with van der Waals surface area (Å²) in [6, 6.07) is 8.06. The number of thiophene rings is 1. The highest BCUT2D eigenvalue weighted by Crippen LogP contribution is 2.38. The Morgan fingerprint density at radius 3 is 2.74 bits per heavy atom. The van der Waals surface area contributed by atoms with E-state index in [-0.39, 0.29) is 0 Å². The van der Waals surface area contributed by atoms with Crippen LogP contribution in [-0.4, -0.2) is 29.8 Å². The molecular weight excluding hydrogens is 428 g/mol. The van der Waals surface area contributed by atoms with Crippen molar-refractivity contribution in [1.82, 2.24) is 29.8 Å². The first-order chi connectivity index (χ1) is 15.2. The Bertz CT molecular complexity index is 1420. The van der Waals surface area contributed by atoms with Crippen LogP contribution in [0, 0.1) is 13.8 Å². The molecule has 6 rings (SSSR count). The zero-order valence-electron chi connectivity index (χ0n) is 17.3. The molecular formula is C22H20N6OS2. The van der Waals surface area contributed by atoms with Gasteiger partial charge >= 0.3 is 0 Å². The van der Waals surface area contributed by atoms with Crippen molar-refractivity contribution in [1.29, 1.82) is 0 Å². The molecule has 4 heterocycles. The Labute approximate surface area is 186 Å². The number of thioether (sulfide) groups is 1. The fourth-order valence-corrected chi connectivity index (χ4v) is 6.24. The van der Waals surface area contributed by atoms with Gasteiger partial charge in [-0.2, -0.15) is 0 Å². The lowest BCUT2D eigenvalue weighted by Gasteiger charge is -2.10. The minimum Gasteiger partial charge on any atom is -0.420 e. The minimum atomic E-state index is 0.527. The van der Waals surface area contributed by atoms with Crippen molar-refractivity contribution in [2.75, 3.05) is 0 Å².